The van der Waals surface area contributed by atoms with Crippen LogP contribution in [-0.2, 0) is 19.6 Å². The van der Waals surface area contributed by atoms with Gasteiger partial charge in [0.25, 0.3) is 5.91 Å². The molecule has 3 rings (SSSR count). The average Bonchev–Trinajstić information content (AvgIpc) is 3.18. The summed E-state index contributed by atoms with van der Waals surface area (Å²) in [6.45, 7) is 2.23. The number of hydrogen-bond donors (Lipinski definition) is 1. The maximum absolute atomic E-state index is 13.0. The van der Waals surface area contributed by atoms with E-state index in [2.05, 4.69) is 5.32 Å². The largest absolute Gasteiger partial charge is 0.495 e. The topological polar surface area (TPSA) is 102 Å². The highest BCUT2D eigenvalue weighted by Gasteiger charge is 2.29. The van der Waals surface area contributed by atoms with Crippen molar-refractivity contribution in [3.63, 3.8) is 0 Å². The molecule has 1 fully saturated rings. The number of nitrogens with zero attached hydrogens (tertiary/aromatic N) is 1. The van der Waals surface area contributed by atoms with E-state index in [-0.39, 0.29) is 16.3 Å². The lowest BCUT2D eigenvalue weighted by molar-refractivity contribution is -0.119. The van der Waals surface area contributed by atoms with Gasteiger partial charge in [0.15, 0.2) is 6.61 Å². The number of thiophene rings is 1. The first kappa shape index (κ1) is 22.3. The number of methoxy groups -OCH3 is 1. The Kier molecular flexibility index (Phi) is 7.11. The van der Waals surface area contributed by atoms with Gasteiger partial charge in [0.1, 0.15) is 15.5 Å². The molecule has 162 valence electrons. The summed E-state index contributed by atoms with van der Waals surface area (Å²) in [7, 11) is -2.35. The number of sulfonamides is 1. The van der Waals surface area contributed by atoms with E-state index >= 15 is 0 Å². The summed E-state index contributed by atoms with van der Waals surface area (Å²) in [4.78, 5) is 24.7. The lowest BCUT2D eigenvalue weighted by Crippen LogP contribution is -2.35. The van der Waals surface area contributed by atoms with E-state index in [0.29, 0.717) is 18.0 Å². The Morgan fingerprint density at radius 3 is 2.53 bits per heavy atom. The number of amides is 1. The molecule has 0 radical (unpaired) electrons. The molecule has 30 heavy (non-hydrogen) atoms. The van der Waals surface area contributed by atoms with Gasteiger partial charge in [-0.25, -0.2) is 13.2 Å². The smallest absolute Gasteiger partial charge is 0.349 e. The van der Waals surface area contributed by atoms with Crippen molar-refractivity contribution in [2.24, 2.45) is 0 Å². The molecule has 2 heterocycles. The molecule has 10 heteroatoms. The van der Waals surface area contributed by atoms with Crippen molar-refractivity contribution in [1.29, 1.82) is 0 Å². The molecule has 1 aliphatic rings. The fourth-order valence-electron chi connectivity index (χ4n) is 3.18. The van der Waals surface area contributed by atoms with Crippen molar-refractivity contribution in [3.8, 4) is 5.75 Å². The number of ether oxygens (including phenoxy) is 2. The van der Waals surface area contributed by atoms with Crippen LogP contribution in [0.1, 0.15) is 34.5 Å². The molecule has 0 unspecified atom stereocenters. The summed E-state index contributed by atoms with van der Waals surface area (Å²) in [5, 5.41) is 4.34. The number of carbonyl (C=O) groups is 2. The molecule has 0 saturated carbocycles. The zero-order valence-corrected chi connectivity index (χ0v) is 18.5. The second kappa shape index (κ2) is 9.59. The first-order valence-corrected chi connectivity index (χ1v) is 11.8. The van der Waals surface area contributed by atoms with Gasteiger partial charge in [-0.1, -0.05) is 6.42 Å². The minimum absolute atomic E-state index is 0.00379. The lowest BCUT2D eigenvalue weighted by Gasteiger charge is -2.26. The Labute approximate surface area is 179 Å². The number of rotatable bonds is 7. The molecule has 0 spiro atoms. The van der Waals surface area contributed by atoms with Crippen LogP contribution in [0.25, 0.3) is 0 Å². The Balaban J connectivity index is 1.70. The van der Waals surface area contributed by atoms with Gasteiger partial charge in [0.2, 0.25) is 10.0 Å². The molecule has 1 saturated heterocycles. The third kappa shape index (κ3) is 5.00. The minimum Gasteiger partial charge on any atom is -0.495 e. The molecule has 8 nitrogen and oxygen atoms in total. The molecule has 1 N–H and O–H groups in total. The maximum Gasteiger partial charge on any atom is 0.349 e. The third-order valence-electron chi connectivity index (χ3n) is 4.76. The summed E-state index contributed by atoms with van der Waals surface area (Å²) in [5.74, 6) is -0.928. The number of anilines is 1. The highest BCUT2D eigenvalue weighted by Crippen LogP contribution is 2.31. The predicted octanol–water partition coefficient (Wildman–Crippen LogP) is 3.04. The van der Waals surface area contributed by atoms with E-state index < -0.39 is 28.5 Å². The normalized spacial score (nSPS) is 14.9. The van der Waals surface area contributed by atoms with Crippen molar-refractivity contribution < 1.29 is 27.5 Å². The molecule has 1 aliphatic heterocycles. The first-order valence-electron chi connectivity index (χ1n) is 9.52. The van der Waals surface area contributed by atoms with Gasteiger partial charge in [-0.3, -0.25) is 4.79 Å². The van der Waals surface area contributed by atoms with E-state index in [1.807, 2.05) is 0 Å². The summed E-state index contributed by atoms with van der Waals surface area (Å²) >= 11 is 1.24. The van der Waals surface area contributed by atoms with Gasteiger partial charge < -0.3 is 14.8 Å². The minimum atomic E-state index is -3.75. The van der Waals surface area contributed by atoms with Crippen molar-refractivity contribution in [2.75, 3.05) is 32.1 Å². The van der Waals surface area contributed by atoms with Crippen LogP contribution < -0.4 is 10.1 Å². The van der Waals surface area contributed by atoms with Gasteiger partial charge in [-0.15, -0.1) is 11.3 Å². The monoisotopic (exact) mass is 452 g/mol. The van der Waals surface area contributed by atoms with Gasteiger partial charge in [0, 0.05) is 18.8 Å². The summed E-state index contributed by atoms with van der Waals surface area (Å²) in [6, 6.07) is 6.19. The van der Waals surface area contributed by atoms with Crippen molar-refractivity contribution >= 4 is 38.9 Å². The molecular weight excluding hydrogens is 428 g/mol. The molecule has 2 aromatic rings. The van der Waals surface area contributed by atoms with Gasteiger partial charge >= 0.3 is 5.97 Å². The Hall–Kier alpha value is -2.43. The van der Waals surface area contributed by atoms with E-state index in [1.54, 1.807) is 18.4 Å². The van der Waals surface area contributed by atoms with Crippen LogP contribution in [-0.4, -0.2) is 51.4 Å². The number of piperidine rings is 1. The number of carbonyl (C=O) groups excluding carboxylic acids is 2. The van der Waals surface area contributed by atoms with E-state index in [9.17, 15) is 18.0 Å². The SMILES string of the molecule is COc1ccc(NC(=O)COC(=O)c2sccc2C)cc1S(=O)(=O)N1CCCCC1. The van der Waals surface area contributed by atoms with Gasteiger partial charge in [-0.2, -0.15) is 4.31 Å². The molecule has 1 aromatic carbocycles. The second-order valence-corrected chi connectivity index (χ2v) is 9.71. The Morgan fingerprint density at radius 1 is 1.17 bits per heavy atom. The van der Waals surface area contributed by atoms with Gasteiger partial charge in [0.05, 0.1) is 7.11 Å². The summed E-state index contributed by atoms with van der Waals surface area (Å²) in [5.41, 5.74) is 1.06. The first-order chi connectivity index (χ1) is 14.3. The zero-order chi connectivity index (χ0) is 21.7. The highest BCUT2D eigenvalue weighted by atomic mass is 32.2. The molecular formula is C20H24N2O6S2. The Morgan fingerprint density at radius 2 is 1.90 bits per heavy atom. The molecule has 1 amide bonds. The maximum atomic E-state index is 13.0. The fraction of sp³-hybridized carbons (Fsp3) is 0.400. The van der Waals surface area contributed by atoms with Crippen LogP contribution >= 0.6 is 11.3 Å². The van der Waals surface area contributed by atoms with Crippen molar-refractivity contribution in [1.82, 2.24) is 4.31 Å². The molecule has 1 aromatic heterocycles. The van der Waals surface area contributed by atoms with Crippen molar-refractivity contribution in [2.45, 2.75) is 31.1 Å². The highest BCUT2D eigenvalue weighted by molar-refractivity contribution is 7.89. The molecule has 0 bridgehead atoms. The average molecular weight is 453 g/mol. The fourth-order valence-corrected chi connectivity index (χ4v) is 5.69. The van der Waals surface area contributed by atoms with Crippen LogP contribution in [0.4, 0.5) is 5.69 Å². The van der Waals surface area contributed by atoms with Crippen LogP contribution in [0, 0.1) is 6.92 Å². The van der Waals surface area contributed by atoms with E-state index in [4.69, 9.17) is 9.47 Å². The van der Waals surface area contributed by atoms with Gasteiger partial charge in [-0.05, 0) is 55.0 Å². The second-order valence-electron chi connectivity index (χ2n) is 6.89. The molecule has 0 atom stereocenters. The third-order valence-corrected chi connectivity index (χ3v) is 7.68. The summed E-state index contributed by atoms with van der Waals surface area (Å²) < 4.78 is 37.8. The van der Waals surface area contributed by atoms with E-state index in [1.165, 1.54) is 41.0 Å². The Bertz CT molecular complexity index is 1030. The van der Waals surface area contributed by atoms with Crippen LogP contribution in [0.15, 0.2) is 34.5 Å². The number of nitrogens with one attached hydrogen (secondary N) is 1. The molecule has 0 aliphatic carbocycles. The van der Waals surface area contributed by atoms with E-state index in [0.717, 1.165) is 24.8 Å². The number of benzene rings is 1. The lowest BCUT2D eigenvalue weighted by atomic mass is 10.2. The zero-order valence-electron chi connectivity index (χ0n) is 16.8. The quantitative estimate of drug-likeness (QED) is 0.648. The number of esters is 1. The van der Waals surface area contributed by atoms with Crippen LogP contribution in [0.2, 0.25) is 0 Å². The van der Waals surface area contributed by atoms with Crippen LogP contribution in [0.5, 0.6) is 5.75 Å². The number of hydrogen-bond acceptors (Lipinski definition) is 7. The standard InChI is InChI=1S/C20H24N2O6S2/c1-14-8-11-29-19(14)20(24)28-13-18(23)21-15-6-7-16(27-2)17(12-15)30(25,26)22-9-4-3-5-10-22/h6-8,11-12H,3-5,9-10,13H2,1-2H3,(H,21,23). The summed E-state index contributed by atoms with van der Waals surface area (Å²) in [6.07, 6.45) is 2.63. The van der Waals surface area contributed by atoms with Crippen LogP contribution in [0.3, 0.4) is 0 Å². The number of aryl methyl sites for hydroxylation is 1. The predicted molar refractivity (Wildman–Crippen MR) is 114 cm³/mol. The van der Waals surface area contributed by atoms with Crippen molar-refractivity contribution in [3.05, 3.63) is 40.1 Å².